The highest BCUT2D eigenvalue weighted by atomic mass is 16.6. The minimum absolute atomic E-state index is 0.0799. The molecule has 0 spiro atoms. The molecule has 0 aliphatic rings. The molecule has 0 saturated carbocycles. The molecule has 0 radical (unpaired) electrons. The second-order valence-electron chi connectivity index (χ2n) is 16.7. The molecular formula is C53H94O6. The molecule has 0 aromatic heterocycles. The van der Waals surface area contributed by atoms with Crippen LogP contribution in [0.15, 0.2) is 48.6 Å². The number of rotatable bonds is 45. The highest BCUT2D eigenvalue weighted by Gasteiger charge is 2.19. The number of hydrogen-bond donors (Lipinski definition) is 0. The molecular weight excluding hydrogens is 733 g/mol. The molecule has 1 atom stereocenters. The van der Waals surface area contributed by atoms with Gasteiger partial charge in [-0.3, -0.25) is 14.4 Å². The van der Waals surface area contributed by atoms with E-state index in [0.29, 0.717) is 19.3 Å². The lowest BCUT2D eigenvalue weighted by molar-refractivity contribution is -0.167. The van der Waals surface area contributed by atoms with Gasteiger partial charge in [0, 0.05) is 19.3 Å². The molecule has 0 aromatic rings. The Morgan fingerprint density at radius 1 is 0.356 bits per heavy atom. The lowest BCUT2D eigenvalue weighted by Crippen LogP contribution is -2.30. The van der Waals surface area contributed by atoms with Gasteiger partial charge in [0.05, 0.1) is 0 Å². The topological polar surface area (TPSA) is 78.9 Å². The molecule has 0 heterocycles. The van der Waals surface area contributed by atoms with Gasteiger partial charge in [-0.2, -0.15) is 0 Å². The van der Waals surface area contributed by atoms with Gasteiger partial charge in [0.2, 0.25) is 0 Å². The second-order valence-corrected chi connectivity index (χ2v) is 16.7. The second kappa shape index (κ2) is 48.0. The third kappa shape index (κ3) is 46.3. The maximum absolute atomic E-state index is 12.8. The summed E-state index contributed by atoms with van der Waals surface area (Å²) in [5, 5.41) is 0. The van der Waals surface area contributed by atoms with Gasteiger partial charge in [-0.15, -0.1) is 0 Å². The Morgan fingerprint density at radius 3 is 1.07 bits per heavy atom. The molecule has 0 amide bonds. The Bertz CT molecular complexity index is 1040. The predicted octanol–water partition coefficient (Wildman–Crippen LogP) is 16.3. The molecule has 0 N–H and O–H groups in total. The van der Waals surface area contributed by atoms with Crippen molar-refractivity contribution in [3.05, 3.63) is 48.6 Å². The van der Waals surface area contributed by atoms with E-state index >= 15 is 0 Å². The van der Waals surface area contributed by atoms with Crippen molar-refractivity contribution in [3.63, 3.8) is 0 Å². The monoisotopic (exact) mass is 827 g/mol. The van der Waals surface area contributed by atoms with Crippen molar-refractivity contribution >= 4 is 17.9 Å². The van der Waals surface area contributed by atoms with E-state index in [0.717, 1.165) is 109 Å². The van der Waals surface area contributed by atoms with Crippen LogP contribution in [0.2, 0.25) is 0 Å². The van der Waals surface area contributed by atoms with Crippen LogP contribution in [0.3, 0.4) is 0 Å². The molecule has 0 saturated heterocycles. The summed E-state index contributed by atoms with van der Waals surface area (Å²) in [7, 11) is 0. The summed E-state index contributed by atoms with van der Waals surface area (Å²) >= 11 is 0. The van der Waals surface area contributed by atoms with Crippen LogP contribution in [-0.4, -0.2) is 37.2 Å². The number of carbonyl (C=O) groups excluding carboxylic acids is 3. The third-order valence-electron chi connectivity index (χ3n) is 10.8. The molecule has 0 unspecified atom stereocenters. The molecule has 0 aliphatic carbocycles. The number of unbranched alkanes of at least 4 members (excludes halogenated alkanes) is 26. The first-order valence-electron chi connectivity index (χ1n) is 25.1. The molecule has 6 nitrogen and oxygen atoms in total. The van der Waals surface area contributed by atoms with E-state index in [-0.39, 0.29) is 31.1 Å². The zero-order valence-electron chi connectivity index (χ0n) is 39.0. The van der Waals surface area contributed by atoms with Crippen molar-refractivity contribution in [1.82, 2.24) is 0 Å². The minimum Gasteiger partial charge on any atom is -0.462 e. The Balaban J connectivity index is 4.40. The van der Waals surface area contributed by atoms with Crippen molar-refractivity contribution in [3.8, 4) is 0 Å². The molecule has 342 valence electrons. The maximum atomic E-state index is 12.8. The maximum Gasteiger partial charge on any atom is 0.306 e. The van der Waals surface area contributed by atoms with Gasteiger partial charge in [0.1, 0.15) is 13.2 Å². The summed E-state index contributed by atoms with van der Waals surface area (Å²) in [5.41, 5.74) is 0. The Labute approximate surface area is 365 Å². The zero-order valence-corrected chi connectivity index (χ0v) is 39.0. The van der Waals surface area contributed by atoms with Gasteiger partial charge in [-0.05, 0) is 77.0 Å². The fourth-order valence-corrected chi connectivity index (χ4v) is 7.04. The van der Waals surface area contributed by atoms with Gasteiger partial charge >= 0.3 is 17.9 Å². The Kier molecular flexibility index (Phi) is 45.9. The summed E-state index contributed by atoms with van der Waals surface area (Å²) < 4.78 is 16.8. The summed E-state index contributed by atoms with van der Waals surface area (Å²) in [6, 6.07) is 0. The van der Waals surface area contributed by atoms with E-state index in [1.54, 1.807) is 0 Å². The standard InChI is InChI=1S/C53H94O6/c1-4-7-10-13-16-19-22-25-26-29-31-34-37-40-43-46-52(55)58-49-50(59-53(56)47-44-41-38-35-32-28-24-21-18-15-12-9-6-3)48-57-51(54)45-42-39-36-33-30-27-23-20-17-14-11-8-5-2/h7,10,16,19,21,24-26,50H,4-6,8-9,11-15,17-18,20,22-23,27-49H2,1-3H3/b10-7+,19-16+,24-21+,26-25+/t50-/m1/s1. The molecule has 6 heteroatoms. The van der Waals surface area contributed by atoms with Crippen LogP contribution < -0.4 is 0 Å². The number of esters is 3. The number of ether oxygens (including phenoxy) is 3. The van der Waals surface area contributed by atoms with Crippen LogP contribution in [0.4, 0.5) is 0 Å². The van der Waals surface area contributed by atoms with E-state index < -0.39 is 6.10 Å². The van der Waals surface area contributed by atoms with Gasteiger partial charge in [-0.1, -0.05) is 204 Å². The Hall–Kier alpha value is -2.63. The minimum atomic E-state index is -0.780. The van der Waals surface area contributed by atoms with E-state index in [1.807, 2.05) is 0 Å². The first kappa shape index (κ1) is 56.4. The quantitative estimate of drug-likeness (QED) is 0.0263. The van der Waals surface area contributed by atoms with Gasteiger partial charge in [-0.25, -0.2) is 0 Å². The van der Waals surface area contributed by atoms with Crippen molar-refractivity contribution in [2.45, 2.75) is 258 Å². The van der Waals surface area contributed by atoms with Crippen molar-refractivity contribution in [1.29, 1.82) is 0 Å². The van der Waals surface area contributed by atoms with Crippen molar-refractivity contribution in [2.24, 2.45) is 0 Å². The fourth-order valence-electron chi connectivity index (χ4n) is 7.04. The summed E-state index contributed by atoms with van der Waals surface area (Å²) in [6.07, 6.45) is 56.6. The van der Waals surface area contributed by atoms with Crippen molar-refractivity contribution in [2.75, 3.05) is 13.2 Å². The lowest BCUT2D eigenvalue weighted by atomic mass is 10.0. The highest BCUT2D eigenvalue weighted by Crippen LogP contribution is 2.15. The van der Waals surface area contributed by atoms with Crippen LogP contribution in [0, 0.1) is 0 Å². The zero-order chi connectivity index (χ0) is 43.0. The summed E-state index contributed by atoms with van der Waals surface area (Å²) in [5.74, 6) is -0.901. The average molecular weight is 827 g/mol. The lowest BCUT2D eigenvalue weighted by Gasteiger charge is -2.18. The van der Waals surface area contributed by atoms with Gasteiger partial charge in [0.15, 0.2) is 6.10 Å². The van der Waals surface area contributed by atoms with Gasteiger partial charge < -0.3 is 14.2 Å². The average Bonchev–Trinajstić information content (AvgIpc) is 3.23. The van der Waals surface area contributed by atoms with Crippen LogP contribution in [0.25, 0.3) is 0 Å². The van der Waals surface area contributed by atoms with Crippen LogP contribution in [-0.2, 0) is 28.6 Å². The summed E-state index contributed by atoms with van der Waals surface area (Å²) in [6.45, 7) is 6.50. The Morgan fingerprint density at radius 2 is 0.661 bits per heavy atom. The molecule has 0 aliphatic heterocycles. The van der Waals surface area contributed by atoms with E-state index in [9.17, 15) is 14.4 Å². The third-order valence-corrected chi connectivity index (χ3v) is 10.8. The largest absolute Gasteiger partial charge is 0.462 e. The first-order chi connectivity index (χ1) is 29.0. The number of allylic oxidation sites excluding steroid dienone is 8. The molecule has 0 aromatic carbocycles. The molecule has 0 rings (SSSR count). The van der Waals surface area contributed by atoms with E-state index in [2.05, 4.69) is 69.4 Å². The molecule has 59 heavy (non-hydrogen) atoms. The molecule has 0 bridgehead atoms. The van der Waals surface area contributed by atoms with Crippen molar-refractivity contribution < 1.29 is 28.6 Å². The SMILES string of the molecule is CC/C=C/C/C=C/C/C=C/CCCCCCCC(=O)OC[C@@H](COC(=O)CCCCCCCCCCCCCCC)OC(=O)CCCCCCC/C=C/CCCCCC. The van der Waals surface area contributed by atoms with E-state index in [4.69, 9.17) is 14.2 Å². The predicted molar refractivity (Wildman–Crippen MR) is 252 cm³/mol. The molecule has 0 fully saturated rings. The first-order valence-corrected chi connectivity index (χ1v) is 25.1. The van der Waals surface area contributed by atoms with Crippen LogP contribution >= 0.6 is 0 Å². The number of carbonyl (C=O) groups is 3. The number of hydrogen-bond acceptors (Lipinski definition) is 6. The highest BCUT2D eigenvalue weighted by molar-refractivity contribution is 5.71. The normalized spacial score (nSPS) is 12.4. The summed E-state index contributed by atoms with van der Waals surface area (Å²) in [4.78, 5) is 37.9. The fraction of sp³-hybridized carbons (Fsp3) is 0.792. The van der Waals surface area contributed by atoms with Gasteiger partial charge in [0.25, 0.3) is 0 Å². The van der Waals surface area contributed by atoms with E-state index in [1.165, 1.54) is 103 Å². The smallest absolute Gasteiger partial charge is 0.306 e. The van der Waals surface area contributed by atoms with Crippen LogP contribution in [0.5, 0.6) is 0 Å². The van der Waals surface area contributed by atoms with Crippen LogP contribution in [0.1, 0.15) is 252 Å².